The van der Waals surface area contributed by atoms with Gasteiger partial charge in [0.15, 0.2) is 0 Å². The Morgan fingerprint density at radius 1 is 1.44 bits per heavy atom. The Labute approximate surface area is 108 Å². The lowest BCUT2D eigenvalue weighted by Gasteiger charge is -2.22. The molecule has 3 heteroatoms. The van der Waals surface area contributed by atoms with E-state index in [0.717, 1.165) is 37.8 Å². The number of hydrogen-bond donors (Lipinski definition) is 1. The third-order valence-electron chi connectivity index (χ3n) is 3.44. The van der Waals surface area contributed by atoms with Crippen LogP contribution in [0, 0.1) is 6.92 Å². The van der Waals surface area contributed by atoms with Crippen molar-refractivity contribution in [2.75, 3.05) is 6.54 Å². The number of unbranched alkanes of at least 4 members (excludes halogenated alkanes) is 1. The average molecular weight is 247 g/mol. The van der Waals surface area contributed by atoms with Crippen molar-refractivity contribution in [3.63, 3.8) is 0 Å². The van der Waals surface area contributed by atoms with Crippen molar-refractivity contribution in [1.82, 2.24) is 4.90 Å². The van der Waals surface area contributed by atoms with Crippen molar-refractivity contribution in [3.05, 3.63) is 29.3 Å². The van der Waals surface area contributed by atoms with Crippen LogP contribution in [-0.2, 0) is 0 Å². The molecule has 0 atom stereocenters. The van der Waals surface area contributed by atoms with E-state index < -0.39 is 0 Å². The van der Waals surface area contributed by atoms with E-state index in [0.29, 0.717) is 11.6 Å². The maximum Gasteiger partial charge on any atom is 0.254 e. The van der Waals surface area contributed by atoms with Gasteiger partial charge < -0.3 is 10.0 Å². The van der Waals surface area contributed by atoms with Gasteiger partial charge in [0.1, 0.15) is 5.75 Å². The van der Waals surface area contributed by atoms with Crippen LogP contribution in [0.2, 0.25) is 0 Å². The van der Waals surface area contributed by atoms with Gasteiger partial charge in [-0.05, 0) is 49.9 Å². The minimum Gasteiger partial charge on any atom is -0.508 e. The van der Waals surface area contributed by atoms with Crippen LogP contribution in [0.5, 0.6) is 5.75 Å². The van der Waals surface area contributed by atoms with Crippen molar-refractivity contribution in [2.45, 2.75) is 45.6 Å². The predicted octanol–water partition coefficient (Wildman–Crippen LogP) is 3.11. The third-order valence-corrected chi connectivity index (χ3v) is 3.44. The summed E-state index contributed by atoms with van der Waals surface area (Å²) in [4.78, 5) is 14.4. The molecule has 0 bridgehead atoms. The molecule has 1 aliphatic carbocycles. The second kappa shape index (κ2) is 5.42. The minimum atomic E-state index is 0.106. The molecular formula is C15H21NO2. The van der Waals surface area contributed by atoms with Gasteiger partial charge in [-0.2, -0.15) is 0 Å². The van der Waals surface area contributed by atoms with Crippen LogP contribution >= 0.6 is 0 Å². The summed E-state index contributed by atoms with van der Waals surface area (Å²) in [5.41, 5.74) is 1.44. The summed E-state index contributed by atoms with van der Waals surface area (Å²) in [7, 11) is 0. The second-order valence-corrected chi connectivity index (χ2v) is 5.08. The number of benzene rings is 1. The van der Waals surface area contributed by atoms with E-state index in [9.17, 15) is 9.90 Å². The number of rotatable bonds is 5. The van der Waals surface area contributed by atoms with E-state index in [-0.39, 0.29) is 11.7 Å². The Morgan fingerprint density at radius 2 is 2.17 bits per heavy atom. The maximum absolute atomic E-state index is 12.4. The first kappa shape index (κ1) is 12.9. The smallest absolute Gasteiger partial charge is 0.254 e. The molecule has 1 aromatic carbocycles. The Balaban J connectivity index is 2.13. The highest BCUT2D eigenvalue weighted by molar-refractivity contribution is 5.95. The number of nitrogens with zero attached hydrogens (tertiary/aromatic N) is 1. The van der Waals surface area contributed by atoms with Crippen molar-refractivity contribution < 1.29 is 9.90 Å². The second-order valence-electron chi connectivity index (χ2n) is 5.08. The van der Waals surface area contributed by atoms with Gasteiger partial charge in [0.05, 0.1) is 0 Å². The highest BCUT2D eigenvalue weighted by Gasteiger charge is 2.32. The molecule has 0 saturated heterocycles. The normalized spacial score (nSPS) is 14.6. The van der Waals surface area contributed by atoms with Gasteiger partial charge in [-0.1, -0.05) is 13.3 Å². The first-order chi connectivity index (χ1) is 8.63. The van der Waals surface area contributed by atoms with Crippen LogP contribution < -0.4 is 0 Å². The summed E-state index contributed by atoms with van der Waals surface area (Å²) in [6.07, 6.45) is 4.42. The molecule has 0 radical (unpaired) electrons. The minimum absolute atomic E-state index is 0.106. The van der Waals surface area contributed by atoms with Crippen LogP contribution in [0.4, 0.5) is 0 Å². The van der Waals surface area contributed by atoms with Gasteiger partial charge in [0.2, 0.25) is 0 Å². The van der Waals surface area contributed by atoms with Crippen molar-refractivity contribution in [3.8, 4) is 5.75 Å². The van der Waals surface area contributed by atoms with Gasteiger partial charge in [-0.15, -0.1) is 0 Å². The van der Waals surface area contributed by atoms with Crippen LogP contribution in [0.3, 0.4) is 0 Å². The van der Waals surface area contributed by atoms with E-state index in [1.807, 2.05) is 11.8 Å². The zero-order valence-electron chi connectivity index (χ0n) is 11.1. The Kier molecular flexibility index (Phi) is 3.90. The summed E-state index contributed by atoms with van der Waals surface area (Å²) >= 11 is 0. The molecule has 1 aliphatic rings. The Morgan fingerprint density at radius 3 is 2.72 bits per heavy atom. The highest BCUT2D eigenvalue weighted by Crippen LogP contribution is 2.29. The molecule has 0 heterocycles. The maximum atomic E-state index is 12.4. The topological polar surface area (TPSA) is 40.5 Å². The number of phenolic OH excluding ortho intramolecular Hbond substituents is 1. The molecule has 18 heavy (non-hydrogen) atoms. The molecule has 1 amide bonds. The fraction of sp³-hybridized carbons (Fsp3) is 0.533. The molecule has 0 spiro atoms. The molecule has 3 nitrogen and oxygen atoms in total. The largest absolute Gasteiger partial charge is 0.508 e. The number of carbonyl (C=O) groups is 1. The standard InChI is InChI=1S/C15H21NO2/c1-3-4-9-16(13-6-7-13)15(18)12-5-8-14(17)11(2)10-12/h5,8,10,13,17H,3-4,6-7,9H2,1-2H3. The SMILES string of the molecule is CCCCN(C(=O)c1ccc(O)c(C)c1)C1CC1. The number of aryl methyl sites for hydroxylation is 1. The Bertz CT molecular complexity index is 438. The van der Waals surface area contributed by atoms with E-state index in [1.54, 1.807) is 18.2 Å². The predicted molar refractivity (Wildman–Crippen MR) is 71.8 cm³/mol. The molecule has 0 aliphatic heterocycles. The van der Waals surface area contributed by atoms with Crippen LogP contribution in [0.15, 0.2) is 18.2 Å². The fourth-order valence-electron chi connectivity index (χ4n) is 2.12. The highest BCUT2D eigenvalue weighted by atomic mass is 16.3. The molecule has 2 rings (SSSR count). The number of phenols is 1. The van der Waals surface area contributed by atoms with E-state index in [2.05, 4.69) is 6.92 Å². The van der Waals surface area contributed by atoms with Crippen LogP contribution in [0.1, 0.15) is 48.5 Å². The summed E-state index contributed by atoms with van der Waals surface area (Å²) in [6.45, 7) is 4.81. The average Bonchev–Trinajstić information content (AvgIpc) is 3.17. The van der Waals surface area contributed by atoms with Crippen LogP contribution in [0.25, 0.3) is 0 Å². The fourth-order valence-corrected chi connectivity index (χ4v) is 2.12. The summed E-state index contributed by atoms with van der Waals surface area (Å²) in [5, 5.41) is 9.50. The zero-order chi connectivity index (χ0) is 13.1. The third kappa shape index (κ3) is 2.84. The summed E-state index contributed by atoms with van der Waals surface area (Å²) < 4.78 is 0. The number of carbonyl (C=O) groups excluding carboxylic acids is 1. The van der Waals surface area contributed by atoms with E-state index >= 15 is 0 Å². The molecule has 1 aromatic rings. The molecule has 98 valence electrons. The zero-order valence-corrected chi connectivity index (χ0v) is 11.1. The lowest BCUT2D eigenvalue weighted by molar-refractivity contribution is 0.0740. The lowest BCUT2D eigenvalue weighted by atomic mass is 10.1. The number of aromatic hydroxyl groups is 1. The molecule has 0 aromatic heterocycles. The van der Waals surface area contributed by atoms with Gasteiger partial charge in [-0.3, -0.25) is 4.79 Å². The van der Waals surface area contributed by atoms with Crippen molar-refractivity contribution in [2.24, 2.45) is 0 Å². The number of amides is 1. The Hall–Kier alpha value is -1.51. The quantitative estimate of drug-likeness (QED) is 0.868. The molecule has 1 N–H and O–H groups in total. The van der Waals surface area contributed by atoms with E-state index in [4.69, 9.17) is 0 Å². The number of hydrogen-bond acceptors (Lipinski definition) is 2. The molecular weight excluding hydrogens is 226 g/mol. The van der Waals surface area contributed by atoms with Gasteiger partial charge in [0, 0.05) is 18.2 Å². The molecule has 0 unspecified atom stereocenters. The van der Waals surface area contributed by atoms with Gasteiger partial charge in [-0.25, -0.2) is 0 Å². The first-order valence-electron chi connectivity index (χ1n) is 6.74. The monoisotopic (exact) mass is 247 g/mol. The van der Waals surface area contributed by atoms with Crippen molar-refractivity contribution in [1.29, 1.82) is 0 Å². The molecule has 1 fully saturated rings. The van der Waals surface area contributed by atoms with Gasteiger partial charge in [0.25, 0.3) is 5.91 Å². The summed E-state index contributed by atoms with van der Waals surface area (Å²) in [5.74, 6) is 0.354. The lowest BCUT2D eigenvalue weighted by Crippen LogP contribution is -2.34. The summed E-state index contributed by atoms with van der Waals surface area (Å²) in [6, 6.07) is 5.54. The van der Waals surface area contributed by atoms with Crippen LogP contribution in [-0.4, -0.2) is 28.5 Å². The van der Waals surface area contributed by atoms with Gasteiger partial charge >= 0.3 is 0 Å². The first-order valence-corrected chi connectivity index (χ1v) is 6.74. The van der Waals surface area contributed by atoms with Crippen molar-refractivity contribution >= 4 is 5.91 Å². The molecule has 1 saturated carbocycles. The van der Waals surface area contributed by atoms with E-state index in [1.165, 1.54) is 0 Å².